The highest BCUT2D eigenvalue weighted by Gasteiger charge is 2.10. The molecular weight excluding hydrogens is 274 g/mol. The molecule has 0 bridgehead atoms. The topological polar surface area (TPSA) is 47.8 Å². The Hall–Kier alpha value is -2.75. The number of hydrogen-bond donors (Lipinski definition) is 0. The Morgan fingerprint density at radius 2 is 2.09 bits per heavy atom. The lowest BCUT2D eigenvalue weighted by Crippen LogP contribution is -2.01. The molecule has 0 spiro atoms. The van der Waals surface area contributed by atoms with Crippen LogP contribution in [-0.2, 0) is 6.54 Å². The van der Waals surface area contributed by atoms with Crippen LogP contribution in [0, 0.1) is 6.92 Å². The smallest absolute Gasteiger partial charge is 0.189 e. The van der Waals surface area contributed by atoms with E-state index in [4.69, 9.17) is 0 Å². The van der Waals surface area contributed by atoms with Gasteiger partial charge in [0.05, 0.1) is 17.3 Å². The fraction of sp³-hybridized carbons (Fsp3) is 0.167. The van der Waals surface area contributed by atoms with Crippen molar-refractivity contribution in [3.63, 3.8) is 0 Å². The number of fused-ring (bicyclic) bond motifs is 1. The normalized spacial score (nSPS) is 11.4. The molecule has 0 aliphatic rings. The summed E-state index contributed by atoms with van der Waals surface area (Å²) in [6, 6.07) is 9.81. The molecule has 2 heterocycles. The van der Waals surface area contributed by atoms with Crippen molar-refractivity contribution in [3.8, 4) is 0 Å². The van der Waals surface area contributed by atoms with Crippen molar-refractivity contribution in [3.05, 3.63) is 65.6 Å². The molecule has 0 amide bonds. The Morgan fingerprint density at radius 1 is 1.27 bits per heavy atom. The first-order valence-electron chi connectivity index (χ1n) is 7.29. The van der Waals surface area contributed by atoms with Crippen molar-refractivity contribution in [1.82, 2.24) is 14.8 Å². The van der Waals surface area contributed by atoms with Gasteiger partial charge in [-0.2, -0.15) is 5.10 Å². The lowest BCUT2D eigenvalue weighted by Gasteiger charge is -2.01. The minimum atomic E-state index is -0.0295. The molecule has 0 saturated carbocycles. The van der Waals surface area contributed by atoms with E-state index in [0.717, 1.165) is 28.7 Å². The van der Waals surface area contributed by atoms with E-state index in [1.165, 1.54) is 0 Å². The monoisotopic (exact) mass is 291 g/mol. The lowest BCUT2D eigenvalue weighted by molar-refractivity contribution is 0.104. The highest BCUT2D eigenvalue weighted by atomic mass is 16.1. The van der Waals surface area contributed by atoms with Gasteiger partial charge in [0, 0.05) is 23.8 Å². The van der Waals surface area contributed by atoms with Crippen LogP contribution in [0.2, 0.25) is 0 Å². The van der Waals surface area contributed by atoms with Gasteiger partial charge in [-0.15, -0.1) is 0 Å². The van der Waals surface area contributed by atoms with E-state index in [1.54, 1.807) is 18.5 Å². The van der Waals surface area contributed by atoms with Crippen molar-refractivity contribution in [2.45, 2.75) is 20.4 Å². The maximum Gasteiger partial charge on any atom is 0.189 e. The van der Waals surface area contributed by atoms with E-state index in [-0.39, 0.29) is 5.78 Å². The molecule has 0 N–H and O–H groups in total. The Morgan fingerprint density at radius 3 is 2.86 bits per heavy atom. The number of para-hydroxylation sites is 1. The molecule has 0 unspecified atom stereocenters. The molecule has 22 heavy (non-hydrogen) atoms. The van der Waals surface area contributed by atoms with Gasteiger partial charge in [-0.05, 0) is 37.6 Å². The summed E-state index contributed by atoms with van der Waals surface area (Å²) in [4.78, 5) is 16.7. The molecule has 3 rings (SSSR count). The molecule has 0 aliphatic carbocycles. The summed E-state index contributed by atoms with van der Waals surface area (Å²) in [6.45, 7) is 4.68. The van der Waals surface area contributed by atoms with Crippen LogP contribution in [0.5, 0.6) is 0 Å². The van der Waals surface area contributed by atoms with Gasteiger partial charge in [-0.3, -0.25) is 14.5 Å². The van der Waals surface area contributed by atoms with Gasteiger partial charge in [0.1, 0.15) is 0 Å². The molecule has 110 valence electrons. The highest BCUT2D eigenvalue weighted by Crippen LogP contribution is 2.18. The molecule has 2 aromatic heterocycles. The number of rotatable bonds is 4. The molecule has 0 aliphatic heterocycles. The number of ketones is 1. The van der Waals surface area contributed by atoms with Crippen molar-refractivity contribution in [1.29, 1.82) is 0 Å². The summed E-state index contributed by atoms with van der Waals surface area (Å²) < 4.78 is 1.82. The molecule has 4 nitrogen and oxygen atoms in total. The maximum absolute atomic E-state index is 12.3. The highest BCUT2D eigenvalue weighted by molar-refractivity contribution is 6.08. The first kappa shape index (κ1) is 14.2. The summed E-state index contributed by atoms with van der Waals surface area (Å²) in [6.07, 6.45) is 6.84. The van der Waals surface area contributed by atoms with Gasteiger partial charge in [-0.25, -0.2) is 0 Å². The molecule has 0 saturated heterocycles. The molecule has 0 fully saturated rings. The van der Waals surface area contributed by atoms with E-state index < -0.39 is 0 Å². The number of pyridine rings is 1. The standard InChI is InChI=1S/C18H17N3O/c1-3-21-13(2)16(12-20-21)18(22)9-8-14-10-11-19-17-7-5-4-6-15(14)17/h4-12H,3H2,1-2H3/b9-8+. The second-order valence-electron chi connectivity index (χ2n) is 5.07. The van der Waals surface area contributed by atoms with Crippen molar-refractivity contribution in [2.24, 2.45) is 0 Å². The average Bonchev–Trinajstić information content (AvgIpc) is 2.93. The SMILES string of the molecule is CCn1ncc(C(=O)/C=C/c2ccnc3ccccc23)c1C. The van der Waals surface area contributed by atoms with Crippen LogP contribution in [0.3, 0.4) is 0 Å². The minimum absolute atomic E-state index is 0.0295. The molecule has 0 radical (unpaired) electrons. The van der Waals surface area contributed by atoms with Gasteiger partial charge >= 0.3 is 0 Å². The second kappa shape index (κ2) is 5.93. The Balaban J connectivity index is 1.92. The third kappa shape index (κ3) is 2.55. The summed E-state index contributed by atoms with van der Waals surface area (Å²) in [7, 11) is 0. The predicted octanol–water partition coefficient (Wildman–Crippen LogP) is 3.66. The Labute approximate surface area is 129 Å². The molecular formula is C18H17N3O. The summed E-state index contributed by atoms with van der Waals surface area (Å²) in [5.74, 6) is -0.0295. The number of benzene rings is 1. The molecule has 3 aromatic rings. The van der Waals surface area contributed by atoms with E-state index in [2.05, 4.69) is 10.1 Å². The van der Waals surface area contributed by atoms with Crippen molar-refractivity contribution >= 4 is 22.8 Å². The average molecular weight is 291 g/mol. The van der Waals surface area contributed by atoms with Crippen molar-refractivity contribution < 1.29 is 4.79 Å². The number of carbonyl (C=O) groups excluding carboxylic acids is 1. The number of hydrogen-bond acceptors (Lipinski definition) is 3. The fourth-order valence-corrected chi connectivity index (χ4v) is 2.53. The Bertz CT molecular complexity index is 856. The lowest BCUT2D eigenvalue weighted by atomic mass is 10.1. The summed E-state index contributed by atoms with van der Waals surface area (Å²) >= 11 is 0. The van der Waals surface area contributed by atoms with Crippen LogP contribution in [0.15, 0.2) is 48.8 Å². The third-order valence-corrected chi connectivity index (χ3v) is 3.77. The van der Waals surface area contributed by atoms with Gasteiger partial charge in [-0.1, -0.05) is 24.3 Å². The van der Waals surface area contributed by atoms with Crippen LogP contribution in [0.4, 0.5) is 0 Å². The quantitative estimate of drug-likeness (QED) is 0.544. The zero-order valence-corrected chi connectivity index (χ0v) is 12.7. The first-order valence-corrected chi connectivity index (χ1v) is 7.29. The maximum atomic E-state index is 12.3. The Kier molecular flexibility index (Phi) is 3.83. The van der Waals surface area contributed by atoms with Crippen LogP contribution in [0.25, 0.3) is 17.0 Å². The van der Waals surface area contributed by atoms with Crippen LogP contribution in [-0.4, -0.2) is 20.5 Å². The second-order valence-corrected chi connectivity index (χ2v) is 5.07. The zero-order valence-electron chi connectivity index (χ0n) is 12.7. The largest absolute Gasteiger partial charge is 0.289 e. The third-order valence-electron chi connectivity index (χ3n) is 3.77. The summed E-state index contributed by atoms with van der Waals surface area (Å²) in [5, 5.41) is 5.25. The number of carbonyl (C=O) groups is 1. The van der Waals surface area contributed by atoms with E-state index in [0.29, 0.717) is 5.56 Å². The molecule has 4 heteroatoms. The van der Waals surface area contributed by atoms with E-state index in [9.17, 15) is 4.79 Å². The van der Waals surface area contributed by atoms with Crippen LogP contribution < -0.4 is 0 Å². The number of allylic oxidation sites excluding steroid dienone is 1. The van der Waals surface area contributed by atoms with Gasteiger partial charge in [0.15, 0.2) is 5.78 Å². The number of nitrogens with zero attached hydrogens (tertiary/aromatic N) is 3. The zero-order chi connectivity index (χ0) is 15.5. The summed E-state index contributed by atoms with van der Waals surface area (Å²) in [5.41, 5.74) is 3.46. The van der Waals surface area contributed by atoms with E-state index >= 15 is 0 Å². The van der Waals surface area contributed by atoms with Gasteiger partial charge in [0.25, 0.3) is 0 Å². The fourth-order valence-electron chi connectivity index (χ4n) is 2.53. The van der Waals surface area contributed by atoms with Gasteiger partial charge < -0.3 is 0 Å². The van der Waals surface area contributed by atoms with E-state index in [1.807, 2.05) is 54.9 Å². The van der Waals surface area contributed by atoms with Crippen LogP contribution >= 0.6 is 0 Å². The van der Waals surface area contributed by atoms with Crippen molar-refractivity contribution in [2.75, 3.05) is 0 Å². The number of aromatic nitrogens is 3. The molecule has 0 atom stereocenters. The van der Waals surface area contributed by atoms with Gasteiger partial charge in [0.2, 0.25) is 0 Å². The first-order chi connectivity index (χ1) is 10.7. The number of aryl methyl sites for hydroxylation is 1. The minimum Gasteiger partial charge on any atom is -0.289 e. The van der Waals surface area contributed by atoms with Crippen LogP contribution in [0.1, 0.15) is 28.5 Å². The predicted molar refractivity (Wildman–Crippen MR) is 87.7 cm³/mol. The molecule has 1 aromatic carbocycles.